The second kappa shape index (κ2) is 8.58. The van der Waals surface area contributed by atoms with E-state index >= 15 is 0 Å². The zero-order chi connectivity index (χ0) is 17.5. The van der Waals surface area contributed by atoms with E-state index in [9.17, 15) is 9.18 Å². The van der Waals surface area contributed by atoms with Crippen LogP contribution in [0.25, 0.3) is 0 Å². The third-order valence-corrected chi connectivity index (χ3v) is 4.13. The van der Waals surface area contributed by atoms with E-state index in [4.69, 9.17) is 9.47 Å². The number of ether oxygens (including phenoxy) is 2. The maximum atomic E-state index is 13.7. The molecule has 0 radical (unpaired) electrons. The third kappa shape index (κ3) is 4.76. The number of halogens is 1. The molecule has 5 nitrogen and oxygen atoms in total. The lowest BCUT2D eigenvalue weighted by molar-refractivity contribution is 0.0924. The van der Waals surface area contributed by atoms with E-state index in [1.54, 1.807) is 36.5 Å². The Hall–Kier alpha value is -2.47. The Labute approximate surface area is 146 Å². The number of hydrogen-bond acceptors (Lipinski definition) is 4. The second-order valence-electron chi connectivity index (χ2n) is 5.95. The van der Waals surface area contributed by atoms with Crippen molar-refractivity contribution >= 4 is 5.91 Å². The largest absolute Gasteiger partial charge is 0.472 e. The topological polar surface area (TPSA) is 60.5 Å². The number of benzene rings is 1. The van der Waals surface area contributed by atoms with E-state index in [2.05, 4.69) is 10.3 Å². The molecule has 0 bridgehead atoms. The molecule has 2 heterocycles. The summed E-state index contributed by atoms with van der Waals surface area (Å²) in [6.07, 6.45) is 4.15. The lowest BCUT2D eigenvalue weighted by Gasteiger charge is -2.17. The van der Waals surface area contributed by atoms with Crippen LogP contribution in [0.15, 0.2) is 42.6 Å². The molecule has 6 heteroatoms. The van der Waals surface area contributed by atoms with Crippen molar-refractivity contribution in [1.29, 1.82) is 0 Å². The Balaban J connectivity index is 1.67. The van der Waals surface area contributed by atoms with Gasteiger partial charge in [0.1, 0.15) is 18.0 Å². The van der Waals surface area contributed by atoms with Crippen LogP contribution in [0.1, 0.15) is 35.2 Å². The van der Waals surface area contributed by atoms with Gasteiger partial charge in [0, 0.05) is 31.0 Å². The Morgan fingerprint density at radius 3 is 3.00 bits per heavy atom. The van der Waals surface area contributed by atoms with Gasteiger partial charge in [-0.25, -0.2) is 9.37 Å². The first-order valence-electron chi connectivity index (χ1n) is 8.44. The molecule has 0 saturated carbocycles. The fourth-order valence-electron chi connectivity index (χ4n) is 2.75. The maximum Gasteiger partial charge on any atom is 0.256 e. The predicted molar refractivity (Wildman–Crippen MR) is 90.9 cm³/mol. The van der Waals surface area contributed by atoms with Crippen molar-refractivity contribution in [1.82, 2.24) is 10.3 Å². The van der Waals surface area contributed by atoms with E-state index < -0.39 is 0 Å². The van der Waals surface area contributed by atoms with Crippen molar-refractivity contribution in [2.24, 2.45) is 0 Å². The number of pyridine rings is 1. The molecule has 1 atom stereocenters. The highest BCUT2D eigenvalue weighted by atomic mass is 19.1. The molecule has 1 aliphatic heterocycles. The molecule has 1 aliphatic rings. The minimum Gasteiger partial charge on any atom is -0.472 e. The molecule has 1 aromatic heterocycles. The highest BCUT2D eigenvalue weighted by molar-refractivity contribution is 5.96. The summed E-state index contributed by atoms with van der Waals surface area (Å²) >= 11 is 0. The van der Waals surface area contributed by atoms with Gasteiger partial charge in [-0.15, -0.1) is 0 Å². The van der Waals surface area contributed by atoms with Gasteiger partial charge in [-0.1, -0.05) is 18.2 Å². The smallest absolute Gasteiger partial charge is 0.256 e. The normalized spacial score (nSPS) is 17.6. The zero-order valence-electron chi connectivity index (χ0n) is 13.9. The molecule has 25 heavy (non-hydrogen) atoms. The van der Waals surface area contributed by atoms with Crippen LogP contribution < -0.4 is 10.1 Å². The summed E-state index contributed by atoms with van der Waals surface area (Å²) in [5.74, 6) is -0.375. The molecule has 1 fully saturated rings. The summed E-state index contributed by atoms with van der Waals surface area (Å²) in [5.41, 5.74) is 0.768. The van der Waals surface area contributed by atoms with Gasteiger partial charge in [0.15, 0.2) is 0 Å². The zero-order valence-corrected chi connectivity index (χ0v) is 13.9. The van der Waals surface area contributed by atoms with Gasteiger partial charge in [0.25, 0.3) is 5.91 Å². The van der Waals surface area contributed by atoms with Crippen LogP contribution in [0.2, 0.25) is 0 Å². The van der Waals surface area contributed by atoms with Crippen molar-refractivity contribution < 1.29 is 18.7 Å². The Kier molecular flexibility index (Phi) is 5.95. The fourth-order valence-corrected chi connectivity index (χ4v) is 2.75. The Morgan fingerprint density at radius 1 is 1.24 bits per heavy atom. The molecule has 3 rings (SSSR count). The van der Waals surface area contributed by atoms with Crippen LogP contribution in [0.5, 0.6) is 5.88 Å². The predicted octanol–water partition coefficient (Wildman–Crippen LogP) is 3.10. The maximum absolute atomic E-state index is 13.7. The van der Waals surface area contributed by atoms with E-state index in [0.29, 0.717) is 17.7 Å². The van der Waals surface area contributed by atoms with Crippen LogP contribution in [-0.2, 0) is 11.3 Å². The summed E-state index contributed by atoms with van der Waals surface area (Å²) in [6, 6.07) is 9.79. The van der Waals surface area contributed by atoms with Gasteiger partial charge in [-0.3, -0.25) is 4.79 Å². The van der Waals surface area contributed by atoms with Gasteiger partial charge in [0.05, 0.1) is 0 Å². The summed E-state index contributed by atoms with van der Waals surface area (Å²) in [6.45, 7) is 1.39. The van der Waals surface area contributed by atoms with Crippen LogP contribution in [0, 0.1) is 5.82 Å². The SMILES string of the molecule is O=C(N[C@H]1CCCOCC1)c1cccnc1OCc1ccccc1F. The first kappa shape index (κ1) is 17.4. The van der Waals surface area contributed by atoms with Gasteiger partial charge in [-0.2, -0.15) is 0 Å². The molecule has 2 aromatic rings. The first-order valence-corrected chi connectivity index (χ1v) is 8.44. The third-order valence-electron chi connectivity index (χ3n) is 4.13. The van der Waals surface area contributed by atoms with Crippen LogP contribution in [0.4, 0.5) is 4.39 Å². The number of amides is 1. The average molecular weight is 344 g/mol. The van der Waals surface area contributed by atoms with Crippen molar-refractivity contribution in [3.05, 3.63) is 59.5 Å². The second-order valence-corrected chi connectivity index (χ2v) is 5.95. The number of carbonyl (C=O) groups is 1. The Bertz CT molecular complexity index is 715. The first-order chi connectivity index (χ1) is 12.2. The van der Waals surface area contributed by atoms with Crippen molar-refractivity contribution in [2.45, 2.75) is 31.9 Å². The average Bonchev–Trinajstić information content (AvgIpc) is 2.90. The quantitative estimate of drug-likeness (QED) is 0.905. The highest BCUT2D eigenvalue weighted by Crippen LogP contribution is 2.18. The van der Waals surface area contributed by atoms with Gasteiger partial charge < -0.3 is 14.8 Å². The van der Waals surface area contributed by atoms with Gasteiger partial charge in [-0.05, 0) is 37.5 Å². The number of rotatable bonds is 5. The number of hydrogen-bond donors (Lipinski definition) is 1. The number of aromatic nitrogens is 1. The number of carbonyl (C=O) groups excluding carboxylic acids is 1. The molecule has 0 unspecified atom stereocenters. The van der Waals surface area contributed by atoms with Crippen LogP contribution >= 0.6 is 0 Å². The van der Waals surface area contributed by atoms with E-state index in [1.165, 1.54) is 6.07 Å². The lowest BCUT2D eigenvalue weighted by Crippen LogP contribution is -2.35. The molecule has 1 amide bonds. The molecule has 0 aliphatic carbocycles. The number of nitrogens with zero attached hydrogens (tertiary/aromatic N) is 1. The molecule has 132 valence electrons. The van der Waals surface area contributed by atoms with E-state index in [-0.39, 0.29) is 30.3 Å². The summed E-state index contributed by atoms with van der Waals surface area (Å²) in [4.78, 5) is 16.7. The summed E-state index contributed by atoms with van der Waals surface area (Å²) in [5, 5.41) is 3.01. The lowest BCUT2D eigenvalue weighted by atomic mass is 10.1. The van der Waals surface area contributed by atoms with Gasteiger partial charge >= 0.3 is 0 Å². The molecular formula is C19H21FN2O3. The van der Waals surface area contributed by atoms with Crippen molar-refractivity contribution in [3.8, 4) is 5.88 Å². The molecule has 1 aromatic carbocycles. The fraction of sp³-hybridized carbons (Fsp3) is 0.368. The minimum absolute atomic E-state index is 0.0151. The molecule has 1 saturated heterocycles. The van der Waals surface area contributed by atoms with Crippen molar-refractivity contribution in [2.75, 3.05) is 13.2 Å². The van der Waals surface area contributed by atoms with Crippen molar-refractivity contribution in [3.63, 3.8) is 0 Å². The van der Waals surface area contributed by atoms with E-state index in [1.807, 2.05) is 0 Å². The molecule has 1 N–H and O–H groups in total. The standard InChI is InChI=1S/C19H21FN2O3/c20-17-8-2-1-5-14(17)13-25-19-16(7-3-10-21-19)18(23)22-15-6-4-11-24-12-9-15/h1-3,5,7-8,10,15H,4,6,9,11-13H2,(H,22,23)/t15-/m0/s1. The van der Waals surface area contributed by atoms with Crippen LogP contribution in [0.3, 0.4) is 0 Å². The van der Waals surface area contributed by atoms with Crippen LogP contribution in [-0.4, -0.2) is 30.1 Å². The molecular weight excluding hydrogens is 323 g/mol. The monoisotopic (exact) mass is 344 g/mol. The molecule has 0 spiro atoms. The Morgan fingerprint density at radius 2 is 2.12 bits per heavy atom. The summed E-state index contributed by atoms with van der Waals surface area (Å²) in [7, 11) is 0. The summed E-state index contributed by atoms with van der Waals surface area (Å²) < 4.78 is 24.7. The van der Waals surface area contributed by atoms with Gasteiger partial charge in [0.2, 0.25) is 5.88 Å². The highest BCUT2D eigenvalue weighted by Gasteiger charge is 2.19. The number of nitrogens with one attached hydrogen (secondary N) is 1. The minimum atomic E-state index is -0.345. The van der Waals surface area contributed by atoms with E-state index in [0.717, 1.165) is 25.9 Å².